The lowest BCUT2D eigenvalue weighted by molar-refractivity contribution is 0.0334. The highest BCUT2D eigenvalue weighted by atomic mass is 16.5. The fraction of sp³-hybridized carbons (Fsp3) is 0.500. The normalized spacial score (nSPS) is 11.8. The Balaban J connectivity index is 2.71. The van der Waals surface area contributed by atoms with Crippen molar-refractivity contribution < 1.29 is 9.84 Å². The highest BCUT2D eigenvalue weighted by Gasteiger charge is 2.13. The van der Waals surface area contributed by atoms with Gasteiger partial charge in [0.25, 0.3) is 0 Å². The minimum absolute atomic E-state index is 0.0751. The zero-order chi connectivity index (χ0) is 12.0. The Morgan fingerprint density at radius 3 is 2.88 bits per heavy atom. The predicted octanol–water partition coefficient (Wildman–Crippen LogP) is 0.0239. The van der Waals surface area contributed by atoms with Gasteiger partial charge in [0.2, 0.25) is 0 Å². The number of rotatable bonds is 5. The van der Waals surface area contributed by atoms with Gasteiger partial charge in [-0.05, 0) is 6.92 Å². The van der Waals surface area contributed by atoms with E-state index in [0.717, 1.165) is 0 Å². The van der Waals surface area contributed by atoms with Crippen molar-refractivity contribution >= 4 is 0 Å². The summed E-state index contributed by atoms with van der Waals surface area (Å²) in [7, 11) is 0. The van der Waals surface area contributed by atoms with Gasteiger partial charge in [0.1, 0.15) is 12.1 Å². The van der Waals surface area contributed by atoms with E-state index in [0.29, 0.717) is 6.61 Å². The first-order valence-electron chi connectivity index (χ1n) is 4.84. The molecule has 1 aromatic heterocycles. The minimum Gasteiger partial charge on any atom is -0.389 e. The first kappa shape index (κ1) is 12.2. The first-order chi connectivity index (χ1) is 7.72. The van der Waals surface area contributed by atoms with Gasteiger partial charge in [-0.3, -0.25) is 0 Å². The average Bonchev–Trinajstić information content (AvgIpc) is 2.68. The Labute approximate surface area is 93.3 Å². The molecule has 1 atom stereocenters. The Bertz CT molecular complexity index is 427. The summed E-state index contributed by atoms with van der Waals surface area (Å²) in [4.78, 5) is 3.77. The van der Waals surface area contributed by atoms with Crippen LogP contribution in [0.15, 0.2) is 6.33 Å². The Morgan fingerprint density at radius 2 is 2.31 bits per heavy atom. The number of aliphatic hydroxyl groups is 1. The van der Waals surface area contributed by atoms with Crippen molar-refractivity contribution in [2.75, 3.05) is 13.2 Å². The van der Waals surface area contributed by atoms with Crippen LogP contribution in [0.2, 0.25) is 0 Å². The van der Waals surface area contributed by atoms with Crippen molar-refractivity contribution in [1.29, 1.82) is 10.5 Å². The molecule has 0 aromatic carbocycles. The molecule has 0 spiro atoms. The second-order valence-corrected chi connectivity index (χ2v) is 3.13. The Hall–Kier alpha value is -1.89. The molecule has 0 bridgehead atoms. The molecule has 1 unspecified atom stereocenters. The zero-order valence-corrected chi connectivity index (χ0v) is 8.92. The summed E-state index contributed by atoms with van der Waals surface area (Å²) in [5, 5.41) is 27.1. The molecule has 1 heterocycles. The summed E-state index contributed by atoms with van der Waals surface area (Å²) in [5.74, 6) is 0. The van der Waals surface area contributed by atoms with Gasteiger partial charge in [-0.2, -0.15) is 10.5 Å². The maximum Gasteiger partial charge on any atom is 0.176 e. The van der Waals surface area contributed by atoms with Crippen molar-refractivity contribution in [3.63, 3.8) is 0 Å². The number of hydrogen-bond donors (Lipinski definition) is 1. The fourth-order valence-corrected chi connectivity index (χ4v) is 1.25. The fourth-order valence-electron chi connectivity index (χ4n) is 1.25. The maximum atomic E-state index is 9.57. The monoisotopic (exact) mass is 220 g/mol. The van der Waals surface area contributed by atoms with Crippen LogP contribution in [0.3, 0.4) is 0 Å². The van der Waals surface area contributed by atoms with E-state index in [1.54, 1.807) is 0 Å². The van der Waals surface area contributed by atoms with Crippen LogP contribution in [0.25, 0.3) is 0 Å². The van der Waals surface area contributed by atoms with E-state index in [1.807, 2.05) is 19.1 Å². The number of nitriles is 2. The highest BCUT2D eigenvalue weighted by molar-refractivity contribution is 5.36. The van der Waals surface area contributed by atoms with Gasteiger partial charge in [-0.25, -0.2) is 4.98 Å². The molecule has 84 valence electrons. The largest absolute Gasteiger partial charge is 0.389 e. The van der Waals surface area contributed by atoms with Crippen LogP contribution in [0.4, 0.5) is 0 Å². The molecular weight excluding hydrogens is 208 g/mol. The lowest BCUT2D eigenvalue weighted by Gasteiger charge is -2.11. The van der Waals surface area contributed by atoms with Crippen LogP contribution in [-0.2, 0) is 11.3 Å². The first-order valence-corrected chi connectivity index (χ1v) is 4.84. The molecule has 0 aliphatic rings. The van der Waals surface area contributed by atoms with E-state index in [4.69, 9.17) is 15.3 Å². The van der Waals surface area contributed by atoms with Crippen molar-refractivity contribution in [1.82, 2.24) is 9.55 Å². The summed E-state index contributed by atoms with van der Waals surface area (Å²) < 4.78 is 6.49. The summed E-state index contributed by atoms with van der Waals surface area (Å²) in [5.41, 5.74) is 0.240. The molecule has 0 saturated heterocycles. The van der Waals surface area contributed by atoms with E-state index in [1.165, 1.54) is 10.9 Å². The molecule has 1 aromatic rings. The Morgan fingerprint density at radius 1 is 1.56 bits per heavy atom. The summed E-state index contributed by atoms with van der Waals surface area (Å²) in [6, 6.07) is 3.70. The number of nitrogens with zero attached hydrogens (tertiary/aromatic N) is 4. The van der Waals surface area contributed by atoms with Crippen LogP contribution < -0.4 is 0 Å². The van der Waals surface area contributed by atoms with E-state index >= 15 is 0 Å². The van der Waals surface area contributed by atoms with Gasteiger partial charge in [0.05, 0.1) is 25.6 Å². The van der Waals surface area contributed by atoms with Gasteiger partial charge >= 0.3 is 0 Å². The van der Waals surface area contributed by atoms with Crippen LogP contribution >= 0.6 is 0 Å². The second-order valence-electron chi connectivity index (χ2n) is 3.13. The lowest BCUT2D eigenvalue weighted by Crippen LogP contribution is -2.22. The SMILES string of the molecule is CCOCC(O)Cn1cnc(C#N)c1C#N. The molecule has 1 N–H and O–H groups in total. The quantitative estimate of drug-likeness (QED) is 0.755. The molecule has 6 heteroatoms. The van der Waals surface area contributed by atoms with Crippen LogP contribution in [0, 0.1) is 22.7 Å². The summed E-state index contributed by atoms with van der Waals surface area (Å²) in [6.45, 7) is 2.74. The second kappa shape index (κ2) is 5.86. The number of ether oxygens (including phenoxy) is 1. The van der Waals surface area contributed by atoms with Gasteiger partial charge in [-0.1, -0.05) is 0 Å². The third-order valence-corrected chi connectivity index (χ3v) is 1.97. The third kappa shape index (κ3) is 2.80. The molecule has 0 fully saturated rings. The van der Waals surface area contributed by atoms with Gasteiger partial charge in [0, 0.05) is 6.61 Å². The van der Waals surface area contributed by atoms with Gasteiger partial charge in [-0.15, -0.1) is 0 Å². The smallest absolute Gasteiger partial charge is 0.176 e. The van der Waals surface area contributed by atoms with E-state index < -0.39 is 6.10 Å². The van der Waals surface area contributed by atoms with Crippen molar-refractivity contribution in [3.8, 4) is 12.1 Å². The van der Waals surface area contributed by atoms with Gasteiger partial charge < -0.3 is 14.4 Å². The molecule has 0 aliphatic carbocycles. The van der Waals surface area contributed by atoms with Crippen LogP contribution in [-0.4, -0.2) is 34.0 Å². The molecule has 1 rings (SSSR count). The standard InChI is InChI=1S/C10H12N4O2/c1-2-16-6-8(15)5-14-7-13-9(3-11)10(14)4-12/h7-8,15H,2,5-6H2,1H3. The highest BCUT2D eigenvalue weighted by Crippen LogP contribution is 2.06. The molecule has 0 radical (unpaired) electrons. The molecule has 0 saturated carbocycles. The van der Waals surface area contributed by atoms with E-state index in [-0.39, 0.29) is 24.5 Å². The molecule has 0 amide bonds. The topological polar surface area (TPSA) is 94.9 Å². The van der Waals surface area contributed by atoms with Crippen molar-refractivity contribution in [2.45, 2.75) is 19.6 Å². The third-order valence-electron chi connectivity index (χ3n) is 1.97. The molecule has 0 aliphatic heterocycles. The maximum absolute atomic E-state index is 9.57. The molecule has 6 nitrogen and oxygen atoms in total. The van der Waals surface area contributed by atoms with E-state index in [2.05, 4.69) is 4.98 Å². The van der Waals surface area contributed by atoms with Crippen molar-refractivity contribution in [2.24, 2.45) is 0 Å². The van der Waals surface area contributed by atoms with Crippen molar-refractivity contribution in [3.05, 3.63) is 17.7 Å². The molecular formula is C10H12N4O2. The molecule has 16 heavy (non-hydrogen) atoms. The van der Waals surface area contributed by atoms with E-state index in [9.17, 15) is 5.11 Å². The Kier molecular flexibility index (Phi) is 4.46. The number of aliphatic hydroxyl groups excluding tert-OH is 1. The summed E-state index contributed by atoms with van der Waals surface area (Å²) in [6.07, 6.45) is 0.652. The van der Waals surface area contributed by atoms with Gasteiger partial charge in [0.15, 0.2) is 11.4 Å². The average molecular weight is 220 g/mol. The minimum atomic E-state index is -0.715. The number of aromatic nitrogens is 2. The predicted molar refractivity (Wildman–Crippen MR) is 54.2 cm³/mol. The number of hydrogen-bond acceptors (Lipinski definition) is 5. The zero-order valence-electron chi connectivity index (χ0n) is 8.92. The van der Waals surface area contributed by atoms with Crippen LogP contribution in [0.5, 0.6) is 0 Å². The summed E-state index contributed by atoms with van der Waals surface area (Å²) >= 11 is 0. The number of imidazole rings is 1. The van der Waals surface area contributed by atoms with Crippen LogP contribution in [0.1, 0.15) is 18.3 Å². The lowest BCUT2D eigenvalue weighted by atomic mass is 10.3.